The lowest BCUT2D eigenvalue weighted by molar-refractivity contribution is -0.139. The van der Waals surface area contributed by atoms with Crippen molar-refractivity contribution in [1.29, 1.82) is 0 Å². The third kappa shape index (κ3) is 3.11. The lowest BCUT2D eigenvalue weighted by Gasteiger charge is -2.18. The van der Waals surface area contributed by atoms with Gasteiger partial charge in [0.2, 0.25) is 0 Å². The van der Waals surface area contributed by atoms with Crippen LogP contribution in [0.15, 0.2) is 41.8 Å². The predicted molar refractivity (Wildman–Crippen MR) is 69.8 cm³/mol. The van der Waals surface area contributed by atoms with Crippen LogP contribution in [0.4, 0.5) is 18.9 Å². The van der Waals surface area contributed by atoms with Crippen LogP contribution in [0.1, 0.15) is 16.5 Å². The van der Waals surface area contributed by atoms with Crippen LogP contribution >= 0.6 is 11.3 Å². The van der Waals surface area contributed by atoms with E-state index in [2.05, 4.69) is 5.32 Å². The minimum atomic E-state index is -4.54. The summed E-state index contributed by atoms with van der Waals surface area (Å²) < 4.78 is 38.6. The SMILES string of the molecule is O=C(O)C(Nc1ccccc1C(F)(F)F)c1cccs1. The fourth-order valence-electron chi connectivity index (χ4n) is 1.72. The van der Waals surface area contributed by atoms with Crippen LogP contribution < -0.4 is 5.32 Å². The Balaban J connectivity index is 2.35. The van der Waals surface area contributed by atoms with Crippen molar-refractivity contribution in [2.45, 2.75) is 12.2 Å². The van der Waals surface area contributed by atoms with Gasteiger partial charge in [0, 0.05) is 10.6 Å². The quantitative estimate of drug-likeness (QED) is 0.897. The van der Waals surface area contributed by atoms with Crippen molar-refractivity contribution in [2.24, 2.45) is 0 Å². The number of hydrogen-bond donors (Lipinski definition) is 2. The Morgan fingerprint density at radius 2 is 1.90 bits per heavy atom. The van der Waals surface area contributed by atoms with E-state index in [0.29, 0.717) is 4.88 Å². The molecular weight excluding hydrogens is 291 g/mol. The second kappa shape index (κ2) is 5.54. The molecule has 0 saturated heterocycles. The second-order valence-corrected chi connectivity index (χ2v) is 4.95. The van der Waals surface area contributed by atoms with Gasteiger partial charge in [-0.15, -0.1) is 11.3 Å². The smallest absolute Gasteiger partial charge is 0.418 e. The van der Waals surface area contributed by atoms with E-state index in [4.69, 9.17) is 5.11 Å². The summed E-state index contributed by atoms with van der Waals surface area (Å²) in [7, 11) is 0. The summed E-state index contributed by atoms with van der Waals surface area (Å²) in [6.45, 7) is 0. The number of nitrogens with one attached hydrogen (secondary N) is 1. The molecule has 0 aliphatic heterocycles. The first-order valence-electron chi connectivity index (χ1n) is 5.58. The third-order valence-electron chi connectivity index (χ3n) is 2.61. The van der Waals surface area contributed by atoms with Crippen molar-refractivity contribution >= 4 is 23.0 Å². The van der Waals surface area contributed by atoms with Crippen LogP contribution in [-0.4, -0.2) is 11.1 Å². The van der Waals surface area contributed by atoms with Gasteiger partial charge >= 0.3 is 12.1 Å². The first-order valence-corrected chi connectivity index (χ1v) is 6.46. The molecule has 0 amide bonds. The predicted octanol–water partition coefficient (Wildman–Crippen LogP) is 4.00. The van der Waals surface area contributed by atoms with Gasteiger partial charge < -0.3 is 10.4 Å². The molecule has 3 nitrogen and oxygen atoms in total. The van der Waals surface area contributed by atoms with Gasteiger partial charge in [0.1, 0.15) is 0 Å². The van der Waals surface area contributed by atoms with Crippen LogP contribution in [0.5, 0.6) is 0 Å². The number of hydrogen-bond acceptors (Lipinski definition) is 3. The molecule has 1 unspecified atom stereocenters. The molecule has 1 atom stereocenters. The first-order chi connectivity index (χ1) is 9.39. The van der Waals surface area contributed by atoms with E-state index in [1.54, 1.807) is 17.5 Å². The maximum atomic E-state index is 12.9. The summed E-state index contributed by atoms with van der Waals surface area (Å²) in [5.74, 6) is -1.23. The fraction of sp³-hybridized carbons (Fsp3) is 0.154. The van der Waals surface area contributed by atoms with Gasteiger partial charge in [0.25, 0.3) is 0 Å². The van der Waals surface area contributed by atoms with E-state index in [-0.39, 0.29) is 5.69 Å². The van der Waals surface area contributed by atoms with Crippen LogP contribution in [0.3, 0.4) is 0 Å². The number of carbonyl (C=O) groups is 1. The van der Waals surface area contributed by atoms with Gasteiger partial charge in [0.15, 0.2) is 6.04 Å². The van der Waals surface area contributed by atoms with Gasteiger partial charge in [-0.25, -0.2) is 4.79 Å². The van der Waals surface area contributed by atoms with Gasteiger partial charge in [-0.2, -0.15) is 13.2 Å². The molecule has 2 aromatic rings. The highest BCUT2D eigenvalue weighted by atomic mass is 32.1. The second-order valence-electron chi connectivity index (χ2n) is 3.97. The number of rotatable bonds is 4. The Labute approximate surface area is 116 Å². The maximum Gasteiger partial charge on any atom is 0.418 e. The van der Waals surface area contributed by atoms with E-state index < -0.39 is 23.8 Å². The highest BCUT2D eigenvalue weighted by Crippen LogP contribution is 2.36. The standard InChI is InChI=1S/C13H10F3NO2S/c14-13(15,16)8-4-1-2-5-9(8)17-11(12(18)19)10-6-3-7-20-10/h1-7,11,17H,(H,18,19). The average molecular weight is 301 g/mol. The highest BCUT2D eigenvalue weighted by molar-refractivity contribution is 7.10. The summed E-state index contributed by atoms with van der Waals surface area (Å²) in [4.78, 5) is 11.7. The number of para-hydroxylation sites is 1. The molecule has 0 aliphatic carbocycles. The molecule has 20 heavy (non-hydrogen) atoms. The number of thiophene rings is 1. The molecule has 7 heteroatoms. The van der Waals surface area contributed by atoms with E-state index in [9.17, 15) is 18.0 Å². The van der Waals surface area contributed by atoms with Gasteiger partial charge in [-0.3, -0.25) is 0 Å². The normalized spacial score (nSPS) is 12.9. The number of halogens is 3. The summed E-state index contributed by atoms with van der Waals surface area (Å²) in [5.41, 5.74) is -1.14. The molecule has 0 spiro atoms. The molecule has 0 bridgehead atoms. The molecule has 0 fully saturated rings. The molecule has 2 N–H and O–H groups in total. The van der Waals surface area contributed by atoms with Crippen molar-refractivity contribution in [2.75, 3.05) is 5.32 Å². The minimum Gasteiger partial charge on any atom is -0.479 e. The Hall–Kier alpha value is -2.02. The minimum absolute atomic E-state index is 0.249. The van der Waals surface area contributed by atoms with Gasteiger partial charge in [-0.1, -0.05) is 18.2 Å². The van der Waals surface area contributed by atoms with Crippen LogP contribution in [-0.2, 0) is 11.0 Å². The first kappa shape index (κ1) is 14.4. The zero-order chi connectivity index (χ0) is 14.8. The zero-order valence-electron chi connectivity index (χ0n) is 10.0. The number of anilines is 1. The lowest BCUT2D eigenvalue weighted by atomic mass is 10.1. The summed E-state index contributed by atoms with van der Waals surface area (Å²) in [6, 6.07) is 6.81. The summed E-state index contributed by atoms with van der Waals surface area (Å²) >= 11 is 1.17. The van der Waals surface area contributed by atoms with Gasteiger partial charge in [0.05, 0.1) is 5.56 Å². The van der Waals surface area contributed by atoms with Crippen molar-refractivity contribution in [3.63, 3.8) is 0 Å². The van der Waals surface area contributed by atoms with Crippen LogP contribution in [0.2, 0.25) is 0 Å². The van der Waals surface area contributed by atoms with E-state index in [0.717, 1.165) is 6.07 Å². The van der Waals surface area contributed by atoms with Crippen molar-refractivity contribution in [3.8, 4) is 0 Å². The zero-order valence-corrected chi connectivity index (χ0v) is 10.8. The number of alkyl halides is 3. The maximum absolute atomic E-state index is 12.9. The molecule has 1 aromatic heterocycles. The van der Waals surface area contributed by atoms with Crippen LogP contribution in [0, 0.1) is 0 Å². The molecule has 0 aliphatic rings. The Morgan fingerprint density at radius 1 is 1.20 bits per heavy atom. The Kier molecular flexibility index (Phi) is 3.99. The lowest BCUT2D eigenvalue weighted by Crippen LogP contribution is -2.21. The molecule has 2 rings (SSSR count). The molecule has 0 radical (unpaired) electrons. The topological polar surface area (TPSA) is 49.3 Å². The number of aliphatic carboxylic acids is 1. The van der Waals surface area contributed by atoms with E-state index >= 15 is 0 Å². The Morgan fingerprint density at radius 3 is 2.45 bits per heavy atom. The largest absolute Gasteiger partial charge is 0.479 e. The summed E-state index contributed by atoms with van der Waals surface area (Å²) in [6.07, 6.45) is -4.54. The Bertz CT molecular complexity index is 596. The van der Waals surface area contributed by atoms with Crippen LogP contribution in [0.25, 0.3) is 0 Å². The van der Waals surface area contributed by atoms with E-state index in [1.165, 1.54) is 29.5 Å². The molecule has 1 aromatic carbocycles. The van der Waals surface area contributed by atoms with E-state index in [1.807, 2.05) is 0 Å². The number of carboxylic acid groups (broad SMARTS) is 1. The average Bonchev–Trinajstić information content (AvgIpc) is 2.88. The highest BCUT2D eigenvalue weighted by Gasteiger charge is 2.34. The summed E-state index contributed by atoms with van der Waals surface area (Å²) in [5, 5.41) is 13.3. The third-order valence-corrected chi connectivity index (χ3v) is 3.54. The molecule has 0 saturated carbocycles. The monoisotopic (exact) mass is 301 g/mol. The van der Waals surface area contributed by atoms with Crippen molar-refractivity contribution in [3.05, 3.63) is 52.2 Å². The van der Waals surface area contributed by atoms with Crippen molar-refractivity contribution in [1.82, 2.24) is 0 Å². The number of carboxylic acids is 1. The fourth-order valence-corrected chi connectivity index (χ4v) is 2.49. The van der Waals surface area contributed by atoms with Crippen molar-refractivity contribution < 1.29 is 23.1 Å². The molecular formula is C13H10F3NO2S. The number of benzene rings is 1. The molecule has 1 heterocycles. The molecule has 106 valence electrons. The van der Waals surface area contributed by atoms with Gasteiger partial charge in [-0.05, 0) is 23.6 Å².